The van der Waals surface area contributed by atoms with Gasteiger partial charge >= 0.3 is 0 Å². The van der Waals surface area contributed by atoms with Crippen molar-refractivity contribution in [3.63, 3.8) is 0 Å². The summed E-state index contributed by atoms with van der Waals surface area (Å²) in [6.07, 6.45) is 1.37. The van der Waals surface area contributed by atoms with Crippen molar-refractivity contribution in [3.8, 4) is 34.3 Å². The van der Waals surface area contributed by atoms with Gasteiger partial charge < -0.3 is 14.6 Å². The van der Waals surface area contributed by atoms with Gasteiger partial charge in [0, 0.05) is 16.8 Å². The summed E-state index contributed by atoms with van der Waals surface area (Å²) in [5.74, 6) is 1.49. The SMILES string of the molecule is CCOc1ccc(-n2c(SCC(=O)N/N=C/c3cccc(OCC)c3O)nnc2-c2ccccc2)cc1. The lowest BCUT2D eigenvalue weighted by Crippen LogP contribution is -2.20. The molecule has 0 aliphatic heterocycles. The first-order chi connectivity index (χ1) is 18.1. The molecule has 0 fully saturated rings. The molecule has 1 aromatic heterocycles. The molecule has 1 heterocycles. The lowest BCUT2D eigenvalue weighted by molar-refractivity contribution is -0.118. The van der Waals surface area contributed by atoms with E-state index in [-0.39, 0.29) is 17.4 Å². The molecule has 0 bridgehead atoms. The van der Waals surface area contributed by atoms with Gasteiger partial charge in [-0.15, -0.1) is 10.2 Å². The maximum Gasteiger partial charge on any atom is 0.250 e. The van der Waals surface area contributed by atoms with Crippen LogP contribution in [0.5, 0.6) is 17.2 Å². The van der Waals surface area contributed by atoms with Crippen LogP contribution in [-0.4, -0.2) is 51.0 Å². The molecule has 0 radical (unpaired) electrons. The van der Waals surface area contributed by atoms with Crippen molar-refractivity contribution in [1.82, 2.24) is 20.2 Å². The van der Waals surface area contributed by atoms with E-state index in [1.165, 1.54) is 18.0 Å². The Balaban J connectivity index is 1.48. The first-order valence-corrected chi connectivity index (χ1v) is 12.7. The Labute approximate surface area is 219 Å². The smallest absolute Gasteiger partial charge is 0.250 e. The minimum absolute atomic E-state index is 0.0337. The molecule has 190 valence electrons. The van der Waals surface area contributed by atoms with E-state index in [4.69, 9.17) is 9.47 Å². The van der Waals surface area contributed by atoms with Crippen LogP contribution in [-0.2, 0) is 4.79 Å². The molecule has 0 aliphatic carbocycles. The number of amides is 1. The Kier molecular flexibility index (Phi) is 8.77. The topological polar surface area (TPSA) is 111 Å². The predicted molar refractivity (Wildman–Crippen MR) is 144 cm³/mol. The number of aromatic hydroxyl groups is 1. The van der Waals surface area contributed by atoms with Gasteiger partial charge in [0.15, 0.2) is 22.5 Å². The number of phenols is 1. The molecule has 2 N–H and O–H groups in total. The number of carbonyl (C=O) groups is 1. The number of thioether (sulfide) groups is 1. The fourth-order valence-corrected chi connectivity index (χ4v) is 4.22. The van der Waals surface area contributed by atoms with Gasteiger partial charge in [-0.25, -0.2) is 5.43 Å². The number of nitrogens with zero attached hydrogens (tertiary/aromatic N) is 4. The van der Waals surface area contributed by atoms with E-state index in [2.05, 4.69) is 20.7 Å². The fourth-order valence-electron chi connectivity index (χ4n) is 3.48. The average Bonchev–Trinajstić information content (AvgIpc) is 3.35. The largest absolute Gasteiger partial charge is 0.504 e. The van der Waals surface area contributed by atoms with Gasteiger partial charge in [0.2, 0.25) is 0 Å². The van der Waals surface area contributed by atoms with Gasteiger partial charge in [-0.1, -0.05) is 48.2 Å². The van der Waals surface area contributed by atoms with Crippen LogP contribution < -0.4 is 14.9 Å². The highest BCUT2D eigenvalue weighted by Gasteiger charge is 2.17. The van der Waals surface area contributed by atoms with E-state index in [1.807, 2.05) is 73.0 Å². The average molecular weight is 518 g/mol. The molecule has 4 aromatic rings. The molecular weight excluding hydrogens is 490 g/mol. The van der Waals surface area contributed by atoms with Gasteiger partial charge in [-0.3, -0.25) is 9.36 Å². The summed E-state index contributed by atoms with van der Waals surface area (Å²) in [5, 5.41) is 23.5. The van der Waals surface area contributed by atoms with Gasteiger partial charge in [-0.2, -0.15) is 5.10 Å². The molecule has 37 heavy (non-hydrogen) atoms. The lowest BCUT2D eigenvalue weighted by atomic mass is 10.2. The number of ether oxygens (including phenoxy) is 2. The molecule has 10 heteroatoms. The maximum atomic E-state index is 12.5. The van der Waals surface area contributed by atoms with Gasteiger partial charge in [0.1, 0.15) is 5.75 Å². The van der Waals surface area contributed by atoms with Crippen molar-refractivity contribution in [1.29, 1.82) is 0 Å². The molecule has 0 saturated heterocycles. The summed E-state index contributed by atoms with van der Waals surface area (Å²) >= 11 is 1.24. The minimum Gasteiger partial charge on any atom is -0.504 e. The summed E-state index contributed by atoms with van der Waals surface area (Å²) in [6, 6.07) is 22.4. The number of rotatable bonds is 11. The zero-order chi connectivity index (χ0) is 26.0. The number of carbonyl (C=O) groups excluding carboxylic acids is 1. The zero-order valence-corrected chi connectivity index (χ0v) is 21.3. The summed E-state index contributed by atoms with van der Waals surface area (Å²) in [4.78, 5) is 12.5. The van der Waals surface area contributed by atoms with Crippen LogP contribution in [0.25, 0.3) is 17.1 Å². The Bertz CT molecular complexity index is 1360. The molecule has 9 nitrogen and oxygen atoms in total. The molecule has 0 spiro atoms. The molecule has 3 aromatic carbocycles. The molecule has 0 saturated carbocycles. The summed E-state index contributed by atoms with van der Waals surface area (Å²) in [7, 11) is 0. The molecule has 0 aliphatic rings. The predicted octanol–water partition coefficient (Wildman–Crippen LogP) is 4.68. The molecular formula is C27H27N5O4S. The van der Waals surface area contributed by atoms with E-state index in [1.54, 1.807) is 18.2 Å². The second-order valence-corrected chi connectivity index (χ2v) is 8.59. The second-order valence-electron chi connectivity index (χ2n) is 7.64. The first kappa shape index (κ1) is 25.8. The van der Waals surface area contributed by atoms with Crippen molar-refractivity contribution in [2.75, 3.05) is 19.0 Å². The van der Waals surface area contributed by atoms with Crippen molar-refractivity contribution in [3.05, 3.63) is 78.4 Å². The third-order valence-corrected chi connectivity index (χ3v) is 6.06. The van der Waals surface area contributed by atoms with Crippen LogP contribution in [0.15, 0.2) is 83.1 Å². The van der Waals surface area contributed by atoms with Crippen molar-refractivity contribution >= 4 is 23.9 Å². The Morgan fingerprint density at radius 3 is 2.49 bits per heavy atom. The highest BCUT2D eigenvalue weighted by atomic mass is 32.2. The Hall–Kier alpha value is -4.31. The zero-order valence-electron chi connectivity index (χ0n) is 20.5. The van der Waals surface area contributed by atoms with E-state index in [0.717, 1.165) is 17.0 Å². The third kappa shape index (κ3) is 6.47. The van der Waals surface area contributed by atoms with Crippen LogP contribution in [0.2, 0.25) is 0 Å². The highest BCUT2D eigenvalue weighted by molar-refractivity contribution is 7.99. The Morgan fingerprint density at radius 2 is 1.76 bits per heavy atom. The van der Waals surface area contributed by atoms with Crippen molar-refractivity contribution in [2.45, 2.75) is 19.0 Å². The van der Waals surface area contributed by atoms with E-state index in [9.17, 15) is 9.90 Å². The number of hydrazone groups is 1. The number of phenolic OH excluding ortho intramolecular Hbond substituents is 1. The molecule has 0 unspecified atom stereocenters. The standard InChI is InChI=1S/C27H27N5O4S/c1-3-35-22-15-13-21(14-16-22)32-26(19-9-6-5-7-10-19)30-31-27(32)37-18-24(33)29-28-17-20-11-8-12-23(25(20)34)36-4-2/h5-17,34H,3-4,18H2,1-2H3,(H,29,33)/b28-17+. The number of hydrogen-bond donors (Lipinski definition) is 2. The van der Waals surface area contributed by atoms with E-state index in [0.29, 0.717) is 35.5 Å². The summed E-state index contributed by atoms with van der Waals surface area (Å²) in [5.41, 5.74) is 4.66. The number of aromatic nitrogens is 3. The van der Waals surface area contributed by atoms with Crippen LogP contribution in [0, 0.1) is 0 Å². The monoisotopic (exact) mass is 517 g/mol. The number of para-hydroxylation sites is 1. The van der Waals surface area contributed by atoms with Crippen molar-refractivity contribution < 1.29 is 19.4 Å². The quantitative estimate of drug-likeness (QED) is 0.169. The molecule has 0 atom stereocenters. The van der Waals surface area contributed by atoms with E-state index >= 15 is 0 Å². The maximum absolute atomic E-state index is 12.5. The normalized spacial score (nSPS) is 11.0. The van der Waals surface area contributed by atoms with Crippen molar-refractivity contribution in [2.24, 2.45) is 5.10 Å². The lowest BCUT2D eigenvalue weighted by Gasteiger charge is -2.11. The number of benzene rings is 3. The van der Waals surface area contributed by atoms with Crippen LogP contribution in [0.4, 0.5) is 0 Å². The van der Waals surface area contributed by atoms with E-state index < -0.39 is 0 Å². The first-order valence-electron chi connectivity index (χ1n) is 11.7. The fraction of sp³-hybridized carbons (Fsp3) is 0.185. The number of hydrogen-bond acceptors (Lipinski definition) is 8. The van der Waals surface area contributed by atoms with Crippen LogP contribution >= 0.6 is 11.8 Å². The van der Waals surface area contributed by atoms with Gasteiger partial charge in [0.25, 0.3) is 5.91 Å². The summed E-state index contributed by atoms with van der Waals surface area (Å²) in [6.45, 7) is 4.77. The number of nitrogens with one attached hydrogen (secondary N) is 1. The van der Waals surface area contributed by atoms with Crippen LogP contribution in [0.3, 0.4) is 0 Å². The third-order valence-electron chi connectivity index (χ3n) is 5.13. The van der Waals surface area contributed by atoms with Gasteiger partial charge in [0.05, 0.1) is 25.2 Å². The minimum atomic E-state index is -0.329. The summed E-state index contributed by atoms with van der Waals surface area (Å²) < 4.78 is 12.8. The second kappa shape index (κ2) is 12.6. The van der Waals surface area contributed by atoms with Gasteiger partial charge in [-0.05, 0) is 50.2 Å². The molecule has 1 amide bonds. The molecule has 4 rings (SSSR count). The van der Waals surface area contributed by atoms with Crippen LogP contribution in [0.1, 0.15) is 19.4 Å². The highest BCUT2D eigenvalue weighted by Crippen LogP contribution is 2.30. The Morgan fingerprint density at radius 1 is 1.00 bits per heavy atom.